The minimum atomic E-state index is -0.902. The van der Waals surface area contributed by atoms with Crippen molar-refractivity contribution in [3.05, 3.63) is 29.8 Å². The van der Waals surface area contributed by atoms with Crippen LogP contribution in [0.5, 0.6) is 5.75 Å². The standard InChI is InChI=1S/C17H22N2O5/c1-17-10-12(11-4-2-3-5-13(11)24-17)14(15(18)21)16(22)19(17)6-8-23-9-7-20/h2-5,12,14,20H,6-10H2,1H3,(H2,18,21)/t12-,14+,17-/m0/s1. The first-order valence-corrected chi connectivity index (χ1v) is 8.05. The van der Waals surface area contributed by atoms with Gasteiger partial charge in [0.2, 0.25) is 11.8 Å². The molecule has 2 aliphatic rings. The number of nitrogens with zero attached hydrogens (tertiary/aromatic N) is 1. The molecular formula is C17H22N2O5. The molecule has 3 rings (SSSR count). The molecule has 2 bridgehead atoms. The van der Waals surface area contributed by atoms with Gasteiger partial charge in [0.15, 0.2) is 5.72 Å². The molecular weight excluding hydrogens is 312 g/mol. The van der Waals surface area contributed by atoms with E-state index in [1.165, 1.54) is 4.90 Å². The molecule has 0 saturated carbocycles. The Kier molecular flexibility index (Phi) is 4.47. The number of primary amides is 1. The molecule has 2 heterocycles. The number of benzene rings is 1. The number of nitrogens with two attached hydrogens (primary N) is 1. The van der Waals surface area contributed by atoms with E-state index in [1.54, 1.807) is 0 Å². The highest BCUT2D eigenvalue weighted by Crippen LogP contribution is 2.49. The molecule has 2 aliphatic heterocycles. The normalized spacial score (nSPS) is 28.2. The number of para-hydroxylation sites is 1. The van der Waals surface area contributed by atoms with Gasteiger partial charge in [-0.25, -0.2) is 0 Å². The van der Waals surface area contributed by atoms with E-state index in [4.69, 9.17) is 20.3 Å². The zero-order chi connectivity index (χ0) is 17.3. The summed E-state index contributed by atoms with van der Waals surface area (Å²) in [5.41, 5.74) is 5.55. The van der Waals surface area contributed by atoms with Gasteiger partial charge in [-0.15, -0.1) is 0 Å². The summed E-state index contributed by atoms with van der Waals surface area (Å²) in [4.78, 5) is 26.4. The van der Waals surface area contributed by atoms with Crippen LogP contribution in [0.3, 0.4) is 0 Å². The Morgan fingerprint density at radius 2 is 2.21 bits per heavy atom. The van der Waals surface area contributed by atoms with E-state index in [9.17, 15) is 9.59 Å². The lowest BCUT2D eigenvalue weighted by molar-refractivity contribution is -0.177. The van der Waals surface area contributed by atoms with Gasteiger partial charge in [0, 0.05) is 18.9 Å². The Hall–Kier alpha value is -2.12. The molecule has 1 saturated heterocycles. The average molecular weight is 334 g/mol. The maximum absolute atomic E-state index is 12.9. The highest BCUT2D eigenvalue weighted by molar-refractivity contribution is 6.01. The number of carbonyl (C=O) groups is 2. The molecule has 0 aliphatic carbocycles. The lowest BCUT2D eigenvalue weighted by atomic mass is 9.73. The topological polar surface area (TPSA) is 102 Å². The third-order valence-corrected chi connectivity index (χ3v) is 4.75. The maximum atomic E-state index is 12.9. The van der Waals surface area contributed by atoms with Crippen LogP contribution in [-0.2, 0) is 14.3 Å². The highest BCUT2D eigenvalue weighted by atomic mass is 16.5. The van der Waals surface area contributed by atoms with Gasteiger partial charge in [0.05, 0.1) is 19.8 Å². The van der Waals surface area contributed by atoms with Crippen LogP contribution in [0.4, 0.5) is 0 Å². The molecule has 0 unspecified atom stereocenters. The molecule has 24 heavy (non-hydrogen) atoms. The van der Waals surface area contributed by atoms with Crippen molar-refractivity contribution in [1.29, 1.82) is 0 Å². The quantitative estimate of drug-likeness (QED) is 0.572. The summed E-state index contributed by atoms with van der Waals surface area (Å²) >= 11 is 0. The number of hydrogen-bond donors (Lipinski definition) is 2. The second kappa shape index (κ2) is 6.41. The van der Waals surface area contributed by atoms with Gasteiger partial charge in [-0.3, -0.25) is 9.59 Å². The number of aliphatic hydroxyl groups is 1. The van der Waals surface area contributed by atoms with E-state index < -0.39 is 17.6 Å². The lowest BCUT2D eigenvalue weighted by Gasteiger charge is -2.52. The summed E-state index contributed by atoms with van der Waals surface area (Å²) in [5, 5.41) is 8.78. The maximum Gasteiger partial charge on any atom is 0.238 e. The van der Waals surface area contributed by atoms with Crippen LogP contribution in [0.1, 0.15) is 24.8 Å². The minimum absolute atomic E-state index is 0.0823. The fraction of sp³-hybridized carbons (Fsp3) is 0.529. The summed E-state index contributed by atoms with van der Waals surface area (Å²) in [5.74, 6) is -1.45. The zero-order valence-corrected chi connectivity index (χ0v) is 13.6. The first kappa shape index (κ1) is 16.7. The van der Waals surface area contributed by atoms with Crippen molar-refractivity contribution in [2.24, 2.45) is 11.7 Å². The molecule has 1 aromatic carbocycles. The largest absolute Gasteiger partial charge is 0.468 e. The molecule has 3 atom stereocenters. The lowest BCUT2D eigenvalue weighted by Crippen LogP contribution is -2.65. The van der Waals surface area contributed by atoms with Crippen LogP contribution >= 0.6 is 0 Å². The van der Waals surface area contributed by atoms with Crippen LogP contribution in [0.25, 0.3) is 0 Å². The third kappa shape index (κ3) is 2.74. The molecule has 0 aromatic heterocycles. The van der Waals surface area contributed by atoms with Crippen LogP contribution in [-0.4, -0.2) is 53.9 Å². The van der Waals surface area contributed by atoms with E-state index >= 15 is 0 Å². The predicted molar refractivity (Wildman–Crippen MR) is 85.1 cm³/mol. The Morgan fingerprint density at radius 1 is 1.46 bits per heavy atom. The van der Waals surface area contributed by atoms with Crippen molar-refractivity contribution < 1.29 is 24.2 Å². The molecule has 0 spiro atoms. The molecule has 7 heteroatoms. The first-order valence-electron chi connectivity index (χ1n) is 8.05. The number of hydrogen-bond acceptors (Lipinski definition) is 5. The van der Waals surface area contributed by atoms with Crippen molar-refractivity contribution >= 4 is 11.8 Å². The second-order valence-electron chi connectivity index (χ2n) is 6.33. The van der Waals surface area contributed by atoms with Crippen molar-refractivity contribution in [3.63, 3.8) is 0 Å². The molecule has 7 nitrogen and oxygen atoms in total. The van der Waals surface area contributed by atoms with Crippen molar-refractivity contribution in [1.82, 2.24) is 4.90 Å². The Morgan fingerprint density at radius 3 is 2.92 bits per heavy atom. The second-order valence-corrected chi connectivity index (χ2v) is 6.33. The number of rotatable bonds is 6. The van der Waals surface area contributed by atoms with Gasteiger partial charge < -0.3 is 25.2 Å². The zero-order valence-electron chi connectivity index (χ0n) is 13.6. The summed E-state index contributed by atoms with van der Waals surface area (Å²) in [6, 6.07) is 7.44. The van der Waals surface area contributed by atoms with Gasteiger partial charge in [0.25, 0.3) is 0 Å². The molecule has 1 fully saturated rings. The number of piperidine rings is 1. The summed E-state index contributed by atoms with van der Waals surface area (Å²) in [7, 11) is 0. The molecule has 3 N–H and O–H groups in total. The highest BCUT2D eigenvalue weighted by Gasteiger charge is 2.55. The van der Waals surface area contributed by atoms with E-state index in [0.29, 0.717) is 12.2 Å². The first-order chi connectivity index (χ1) is 11.5. The Bertz CT molecular complexity index is 650. The van der Waals surface area contributed by atoms with Gasteiger partial charge in [-0.2, -0.15) is 0 Å². The van der Waals surface area contributed by atoms with Gasteiger partial charge in [-0.1, -0.05) is 18.2 Å². The Balaban J connectivity index is 1.93. The van der Waals surface area contributed by atoms with E-state index in [1.807, 2.05) is 31.2 Å². The van der Waals surface area contributed by atoms with Crippen molar-refractivity contribution in [2.45, 2.75) is 25.0 Å². The fourth-order valence-electron chi connectivity index (χ4n) is 3.70. The summed E-state index contributed by atoms with van der Waals surface area (Å²) < 4.78 is 11.4. The van der Waals surface area contributed by atoms with Crippen molar-refractivity contribution in [3.8, 4) is 5.75 Å². The third-order valence-electron chi connectivity index (χ3n) is 4.75. The van der Waals surface area contributed by atoms with E-state index in [0.717, 1.165) is 5.56 Å². The van der Waals surface area contributed by atoms with Gasteiger partial charge in [-0.05, 0) is 18.6 Å². The number of ether oxygens (including phenoxy) is 2. The molecule has 2 amide bonds. The Labute approximate surface area is 140 Å². The van der Waals surface area contributed by atoms with E-state index in [-0.39, 0.29) is 38.2 Å². The molecule has 130 valence electrons. The SMILES string of the molecule is C[C@@]12C[C@@H](c3ccccc3O1)[C@H](C(N)=O)C(=O)N2CCOCCO. The number of amides is 2. The van der Waals surface area contributed by atoms with Gasteiger partial charge >= 0.3 is 0 Å². The number of carbonyl (C=O) groups excluding carboxylic acids is 2. The van der Waals surface area contributed by atoms with Crippen LogP contribution in [0.15, 0.2) is 24.3 Å². The molecule has 1 aromatic rings. The predicted octanol–water partition coefficient (Wildman–Crippen LogP) is 0.222. The van der Waals surface area contributed by atoms with Crippen LogP contribution in [0, 0.1) is 5.92 Å². The number of aliphatic hydroxyl groups excluding tert-OH is 1. The number of likely N-dealkylation sites (tertiary alicyclic amines) is 1. The fourth-order valence-corrected chi connectivity index (χ4v) is 3.70. The smallest absolute Gasteiger partial charge is 0.238 e. The van der Waals surface area contributed by atoms with Crippen LogP contribution in [0.2, 0.25) is 0 Å². The van der Waals surface area contributed by atoms with Crippen molar-refractivity contribution in [2.75, 3.05) is 26.4 Å². The summed E-state index contributed by atoms with van der Waals surface area (Å²) in [6.45, 7) is 2.49. The van der Waals surface area contributed by atoms with E-state index in [2.05, 4.69) is 0 Å². The van der Waals surface area contributed by atoms with Crippen LogP contribution < -0.4 is 10.5 Å². The minimum Gasteiger partial charge on any atom is -0.468 e. The monoisotopic (exact) mass is 334 g/mol. The summed E-state index contributed by atoms with van der Waals surface area (Å²) in [6.07, 6.45) is 0.503. The molecule has 0 radical (unpaired) electrons. The average Bonchev–Trinajstić information content (AvgIpc) is 2.53. The van der Waals surface area contributed by atoms with Gasteiger partial charge in [0.1, 0.15) is 11.7 Å². The number of fused-ring (bicyclic) bond motifs is 4.